The predicted octanol–water partition coefficient (Wildman–Crippen LogP) is 1.19. The first-order valence-corrected chi connectivity index (χ1v) is 6.17. The Morgan fingerprint density at radius 1 is 1.25 bits per heavy atom. The number of hydrogen-bond acceptors (Lipinski definition) is 6. The summed E-state index contributed by atoms with van der Waals surface area (Å²) >= 11 is 0. The number of rotatable bonds is 7. The van der Waals surface area contributed by atoms with Crippen LogP contribution in [0.5, 0.6) is 0 Å². The molecule has 0 aromatic carbocycles. The average molecular weight is 284 g/mol. The third-order valence-electron chi connectivity index (χ3n) is 2.48. The number of aromatic nitrogens is 1. The Bertz CT molecular complexity index is 508. The highest BCUT2D eigenvalue weighted by atomic mass is 16.6. The van der Waals surface area contributed by atoms with E-state index in [0.717, 1.165) is 0 Å². The van der Waals surface area contributed by atoms with Gasteiger partial charge in [0.05, 0.1) is 30.8 Å². The SMILES string of the molecule is CCOC(=O)c1c[nH]c(CC[N+](=O)[O-])c1C(=O)OCC. The van der Waals surface area contributed by atoms with Crippen molar-refractivity contribution >= 4 is 11.9 Å². The summed E-state index contributed by atoms with van der Waals surface area (Å²) in [5.41, 5.74) is 0.332. The molecule has 1 N–H and O–H groups in total. The number of nitrogens with one attached hydrogen (secondary N) is 1. The van der Waals surface area contributed by atoms with E-state index in [1.165, 1.54) is 6.20 Å². The van der Waals surface area contributed by atoms with Crippen molar-refractivity contribution in [3.05, 3.63) is 33.1 Å². The molecular weight excluding hydrogens is 268 g/mol. The Kier molecular flexibility index (Phi) is 5.70. The Hall–Kier alpha value is -2.38. The second kappa shape index (κ2) is 7.27. The number of carbonyl (C=O) groups excluding carboxylic acids is 2. The molecule has 20 heavy (non-hydrogen) atoms. The standard InChI is InChI=1S/C12H16N2O6/c1-3-19-11(15)8-7-13-9(5-6-14(17)18)10(8)12(16)20-4-2/h7,13H,3-6H2,1-2H3. The lowest BCUT2D eigenvalue weighted by atomic mass is 10.1. The number of nitrogens with zero attached hydrogens (tertiary/aromatic N) is 1. The third-order valence-corrected chi connectivity index (χ3v) is 2.48. The topological polar surface area (TPSA) is 112 Å². The van der Waals surface area contributed by atoms with Crippen LogP contribution >= 0.6 is 0 Å². The molecule has 1 aromatic heterocycles. The van der Waals surface area contributed by atoms with Crippen LogP contribution in [0.15, 0.2) is 6.20 Å². The lowest BCUT2D eigenvalue weighted by molar-refractivity contribution is -0.479. The Balaban J connectivity index is 3.08. The van der Waals surface area contributed by atoms with Crippen LogP contribution in [0, 0.1) is 10.1 Å². The molecule has 0 aliphatic rings. The van der Waals surface area contributed by atoms with Gasteiger partial charge in [0.2, 0.25) is 6.54 Å². The highest BCUT2D eigenvalue weighted by molar-refractivity contribution is 6.04. The minimum absolute atomic E-state index is 0.000548. The zero-order valence-corrected chi connectivity index (χ0v) is 11.3. The van der Waals surface area contributed by atoms with Crippen LogP contribution < -0.4 is 0 Å². The van der Waals surface area contributed by atoms with E-state index in [9.17, 15) is 19.7 Å². The molecule has 8 nitrogen and oxygen atoms in total. The molecule has 0 radical (unpaired) electrons. The summed E-state index contributed by atoms with van der Waals surface area (Å²) in [4.78, 5) is 36.2. The Morgan fingerprint density at radius 3 is 2.40 bits per heavy atom. The minimum Gasteiger partial charge on any atom is -0.462 e. The first kappa shape index (κ1) is 15.7. The summed E-state index contributed by atoms with van der Waals surface area (Å²) in [5, 5.41) is 10.4. The number of carbonyl (C=O) groups is 2. The lowest BCUT2D eigenvalue weighted by Gasteiger charge is -2.06. The molecule has 1 aromatic rings. The highest BCUT2D eigenvalue weighted by Gasteiger charge is 2.25. The fraction of sp³-hybridized carbons (Fsp3) is 0.500. The van der Waals surface area contributed by atoms with Gasteiger partial charge in [-0.15, -0.1) is 0 Å². The normalized spacial score (nSPS) is 10.1. The largest absolute Gasteiger partial charge is 0.462 e. The number of hydrogen-bond donors (Lipinski definition) is 1. The number of aromatic amines is 1. The maximum Gasteiger partial charge on any atom is 0.340 e. The van der Waals surface area contributed by atoms with E-state index in [1.807, 2.05) is 0 Å². The molecule has 0 aliphatic carbocycles. The first-order chi connectivity index (χ1) is 9.51. The minimum atomic E-state index is -0.699. The zero-order chi connectivity index (χ0) is 15.1. The van der Waals surface area contributed by atoms with Gasteiger partial charge in [-0.2, -0.15) is 0 Å². The third kappa shape index (κ3) is 3.81. The fourth-order valence-corrected chi connectivity index (χ4v) is 1.67. The van der Waals surface area contributed by atoms with Crippen molar-refractivity contribution in [2.24, 2.45) is 0 Å². The van der Waals surface area contributed by atoms with Gasteiger partial charge in [-0.25, -0.2) is 9.59 Å². The van der Waals surface area contributed by atoms with Gasteiger partial charge in [0, 0.05) is 16.8 Å². The van der Waals surface area contributed by atoms with E-state index in [4.69, 9.17) is 9.47 Å². The van der Waals surface area contributed by atoms with Gasteiger partial charge in [-0.3, -0.25) is 10.1 Å². The number of H-pyrrole nitrogens is 1. The van der Waals surface area contributed by atoms with Crippen molar-refractivity contribution < 1.29 is 24.0 Å². The maximum absolute atomic E-state index is 11.9. The van der Waals surface area contributed by atoms with E-state index in [1.54, 1.807) is 13.8 Å². The summed E-state index contributed by atoms with van der Waals surface area (Å²) in [6, 6.07) is 0. The van der Waals surface area contributed by atoms with Gasteiger partial charge in [0.1, 0.15) is 0 Å². The summed E-state index contributed by atoms with van der Waals surface area (Å²) < 4.78 is 9.70. The number of esters is 2. The molecular formula is C12H16N2O6. The molecule has 110 valence electrons. The van der Waals surface area contributed by atoms with E-state index in [2.05, 4.69) is 4.98 Å². The molecule has 0 spiro atoms. The summed E-state index contributed by atoms with van der Waals surface area (Å²) in [6.07, 6.45) is 1.31. The lowest BCUT2D eigenvalue weighted by Crippen LogP contribution is -2.15. The van der Waals surface area contributed by atoms with Crippen LogP contribution in [0.25, 0.3) is 0 Å². The monoisotopic (exact) mass is 284 g/mol. The van der Waals surface area contributed by atoms with Crippen molar-refractivity contribution in [3.63, 3.8) is 0 Å². The van der Waals surface area contributed by atoms with Crippen molar-refractivity contribution in [1.29, 1.82) is 0 Å². The molecule has 0 amide bonds. The van der Waals surface area contributed by atoms with Crippen LogP contribution in [0.4, 0.5) is 0 Å². The zero-order valence-electron chi connectivity index (χ0n) is 11.3. The molecule has 1 heterocycles. The molecule has 0 saturated carbocycles. The van der Waals surface area contributed by atoms with Gasteiger partial charge in [-0.05, 0) is 13.8 Å². The van der Waals surface area contributed by atoms with Crippen LogP contribution in [0.3, 0.4) is 0 Å². The van der Waals surface area contributed by atoms with Crippen LogP contribution in [-0.2, 0) is 15.9 Å². The van der Waals surface area contributed by atoms with E-state index >= 15 is 0 Å². The number of ether oxygens (including phenoxy) is 2. The van der Waals surface area contributed by atoms with Gasteiger partial charge < -0.3 is 14.5 Å². The first-order valence-electron chi connectivity index (χ1n) is 6.17. The van der Waals surface area contributed by atoms with Crippen molar-refractivity contribution in [1.82, 2.24) is 4.98 Å². The predicted molar refractivity (Wildman–Crippen MR) is 68.3 cm³/mol. The van der Waals surface area contributed by atoms with Gasteiger partial charge >= 0.3 is 11.9 Å². The van der Waals surface area contributed by atoms with Crippen LogP contribution in [0.2, 0.25) is 0 Å². The fourth-order valence-electron chi connectivity index (χ4n) is 1.67. The van der Waals surface area contributed by atoms with Gasteiger partial charge in [0.25, 0.3) is 0 Å². The van der Waals surface area contributed by atoms with Crippen LogP contribution in [0.1, 0.15) is 40.3 Å². The van der Waals surface area contributed by atoms with Crippen molar-refractivity contribution in [2.45, 2.75) is 20.3 Å². The van der Waals surface area contributed by atoms with Gasteiger partial charge in [0.15, 0.2) is 0 Å². The van der Waals surface area contributed by atoms with E-state index in [-0.39, 0.29) is 37.3 Å². The van der Waals surface area contributed by atoms with Crippen LogP contribution in [-0.4, -0.2) is 41.6 Å². The molecule has 0 unspecified atom stereocenters. The molecule has 0 atom stereocenters. The Labute approximate surface area is 115 Å². The molecule has 0 saturated heterocycles. The van der Waals surface area contributed by atoms with Crippen molar-refractivity contribution in [2.75, 3.05) is 19.8 Å². The quantitative estimate of drug-likeness (QED) is 0.457. The second-order valence-electron chi connectivity index (χ2n) is 3.80. The Morgan fingerprint density at radius 2 is 1.85 bits per heavy atom. The second-order valence-corrected chi connectivity index (χ2v) is 3.80. The smallest absolute Gasteiger partial charge is 0.340 e. The average Bonchev–Trinajstić information content (AvgIpc) is 2.80. The summed E-state index contributed by atoms with van der Waals surface area (Å²) in [7, 11) is 0. The molecule has 1 rings (SSSR count). The molecule has 0 aliphatic heterocycles. The summed E-state index contributed by atoms with van der Waals surface area (Å²) in [6.45, 7) is 3.22. The highest BCUT2D eigenvalue weighted by Crippen LogP contribution is 2.18. The maximum atomic E-state index is 11.9. The molecule has 8 heteroatoms. The van der Waals surface area contributed by atoms with Crippen molar-refractivity contribution in [3.8, 4) is 0 Å². The van der Waals surface area contributed by atoms with E-state index < -0.39 is 16.9 Å². The summed E-state index contributed by atoms with van der Waals surface area (Å²) in [5.74, 6) is -1.37. The number of nitro groups is 1. The van der Waals surface area contributed by atoms with Gasteiger partial charge in [-0.1, -0.05) is 0 Å². The molecule has 0 bridgehead atoms. The van der Waals surface area contributed by atoms with E-state index in [0.29, 0.717) is 5.69 Å². The molecule has 0 fully saturated rings.